The maximum atomic E-state index is 9.93. The van der Waals surface area contributed by atoms with E-state index in [1.165, 1.54) is 0 Å². The zero-order valence-electron chi connectivity index (χ0n) is 21.1. The number of ether oxygens (including phenoxy) is 1. The lowest BCUT2D eigenvalue weighted by molar-refractivity contribution is -0.112. The molecule has 1 fully saturated rings. The third kappa shape index (κ3) is 5.03. The van der Waals surface area contributed by atoms with Crippen LogP contribution >= 0.6 is 0 Å². The molecule has 0 bridgehead atoms. The van der Waals surface area contributed by atoms with Gasteiger partial charge in [0.15, 0.2) is 11.9 Å². The third-order valence-electron chi connectivity index (χ3n) is 6.96. The Morgan fingerprint density at radius 3 is 2.56 bits per heavy atom. The fourth-order valence-electron chi connectivity index (χ4n) is 5.17. The number of fused-ring (bicyclic) bond motifs is 1. The van der Waals surface area contributed by atoms with Crippen molar-refractivity contribution in [3.05, 3.63) is 71.8 Å². The maximum Gasteiger partial charge on any atom is 0.227 e. The van der Waals surface area contributed by atoms with Gasteiger partial charge in [-0.3, -0.25) is 4.90 Å². The van der Waals surface area contributed by atoms with Crippen LogP contribution in [0, 0.1) is 6.92 Å². The number of oxazole rings is 1. The summed E-state index contributed by atoms with van der Waals surface area (Å²) in [7, 11) is 0. The smallest absolute Gasteiger partial charge is 0.227 e. The molecular formula is C30H34N2O4. The lowest BCUT2D eigenvalue weighted by atomic mass is 9.96. The lowest BCUT2D eigenvalue weighted by Crippen LogP contribution is -2.46. The maximum absolute atomic E-state index is 9.93. The molecule has 6 heteroatoms. The van der Waals surface area contributed by atoms with Gasteiger partial charge in [0.05, 0.1) is 12.1 Å². The largest absolute Gasteiger partial charge is 0.491 e. The lowest BCUT2D eigenvalue weighted by Gasteiger charge is -2.36. The Labute approximate surface area is 212 Å². The van der Waals surface area contributed by atoms with Crippen LogP contribution < -0.4 is 4.74 Å². The zero-order chi connectivity index (χ0) is 25.2. The van der Waals surface area contributed by atoms with Crippen molar-refractivity contribution in [2.75, 3.05) is 6.54 Å². The van der Waals surface area contributed by atoms with E-state index < -0.39 is 6.29 Å². The van der Waals surface area contributed by atoms with Crippen LogP contribution in [0.25, 0.3) is 33.7 Å². The summed E-state index contributed by atoms with van der Waals surface area (Å²) in [6, 6.07) is 20.2. The molecule has 5 rings (SSSR count). The second-order valence-electron chi connectivity index (χ2n) is 9.90. The van der Waals surface area contributed by atoms with Gasteiger partial charge in [0.25, 0.3) is 0 Å². The van der Waals surface area contributed by atoms with E-state index in [0.29, 0.717) is 18.0 Å². The Kier molecular flexibility index (Phi) is 7.10. The fraction of sp³-hybridized carbons (Fsp3) is 0.367. The number of hydrogen-bond acceptors (Lipinski definition) is 6. The monoisotopic (exact) mass is 486 g/mol. The highest BCUT2D eigenvalue weighted by Crippen LogP contribution is 2.36. The Morgan fingerprint density at radius 2 is 1.81 bits per heavy atom. The SMILES string of the molecule is Cc1c(-c2ccccc2)cccc1-c1nc2cc(CN3CCCCC3C(O)O)c(OC(C)C)cc2o1. The highest BCUT2D eigenvalue weighted by atomic mass is 16.5. The molecule has 2 heterocycles. The van der Waals surface area contributed by atoms with Gasteiger partial charge in [0.2, 0.25) is 5.89 Å². The van der Waals surface area contributed by atoms with Gasteiger partial charge in [-0.2, -0.15) is 0 Å². The molecule has 1 aliphatic rings. The van der Waals surface area contributed by atoms with E-state index in [2.05, 4.69) is 30.0 Å². The van der Waals surface area contributed by atoms with E-state index in [1.807, 2.05) is 56.3 Å². The molecule has 36 heavy (non-hydrogen) atoms. The van der Waals surface area contributed by atoms with Crippen LogP contribution in [0.15, 0.2) is 65.1 Å². The average Bonchev–Trinajstić information content (AvgIpc) is 3.27. The first-order valence-corrected chi connectivity index (χ1v) is 12.8. The predicted octanol–water partition coefficient (Wildman–Crippen LogP) is 5.92. The molecule has 3 aromatic carbocycles. The Hall–Kier alpha value is -3.19. The number of nitrogens with zero attached hydrogens (tertiary/aromatic N) is 2. The molecule has 0 amide bonds. The molecule has 1 saturated heterocycles. The van der Waals surface area contributed by atoms with Crippen LogP contribution in [-0.4, -0.2) is 45.1 Å². The fourth-order valence-corrected chi connectivity index (χ4v) is 5.17. The van der Waals surface area contributed by atoms with Gasteiger partial charge in [0.1, 0.15) is 11.3 Å². The minimum atomic E-state index is -1.36. The van der Waals surface area contributed by atoms with Crippen molar-refractivity contribution in [3.63, 3.8) is 0 Å². The van der Waals surface area contributed by atoms with Gasteiger partial charge < -0.3 is 19.4 Å². The normalized spacial score (nSPS) is 16.8. The summed E-state index contributed by atoms with van der Waals surface area (Å²) >= 11 is 0. The standard InChI is InChI=1S/C30H34N2O4/c1-19(2)35-27-17-28-25(16-22(27)18-32-15-8-7-14-26(32)30(33)34)31-29(36-28)24-13-9-12-23(20(24)3)21-10-5-4-6-11-21/h4-6,9-13,16-17,19,26,30,33-34H,7-8,14-15,18H2,1-3H3. The highest BCUT2D eigenvalue weighted by Gasteiger charge is 2.29. The first kappa shape index (κ1) is 24.5. The summed E-state index contributed by atoms with van der Waals surface area (Å²) in [5.41, 5.74) is 6.79. The quantitative estimate of drug-likeness (QED) is 0.316. The molecule has 6 nitrogen and oxygen atoms in total. The summed E-state index contributed by atoms with van der Waals surface area (Å²) in [5, 5.41) is 19.9. The molecule has 0 spiro atoms. The van der Waals surface area contributed by atoms with Crippen molar-refractivity contribution < 1.29 is 19.4 Å². The number of rotatable bonds is 7. The molecule has 0 radical (unpaired) electrons. The second kappa shape index (κ2) is 10.4. The zero-order valence-corrected chi connectivity index (χ0v) is 21.1. The summed E-state index contributed by atoms with van der Waals surface area (Å²) in [6.07, 6.45) is 1.44. The van der Waals surface area contributed by atoms with E-state index in [9.17, 15) is 10.2 Å². The van der Waals surface area contributed by atoms with E-state index >= 15 is 0 Å². The number of hydrogen-bond donors (Lipinski definition) is 2. The number of benzene rings is 3. The van der Waals surface area contributed by atoms with Gasteiger partial charge in [-0.1, -0.05) is 48.9 Å². The van der Waals surface area contributed by atoms with Crippen molar-refractivity contribution in [2.45, 2.75) is 65.0 Å². The molecule has 1 atom stereocenters. The van der Waals surface area contributed by atoms with Crippen LogP contribution in [0.4, 0.5) is 0 Å². The number of aromatic nitrogens is 1. The average molecular weight is 487 g/mol. The Balaban J connectivity index is 1.54. The van der Waals surface area contributed by atoms with Crippen LogP contribution in [0.2, 0.25) is 0 Å². The minimum absolute atomic E-state index is 0.00558. The highest BCUT2D eigenvalue weighted by molar-refractivity contribution is 5.81. The number of piperidine rings is 1. The van der Waals surface area contributed by atoms with E-state index in [0.717, 1.165) is 64.9 Å². The topological polar surface area (TPSA) is 79.0 Å². The molecule has 0 aliphatic carbocycles. The summed E-state index contributed by atoms with van der Waals surface area (Å²) in [4.78, 5) is 7.00. The van der Waals surface area contributed by atoms with Crippen LogP contribution in [0.5, 0.6) is 5.75 Å². The molecule has 188 valence electrons. The number of aliphatic hydroxyl groups is 2. The van der Waals surface area contributed by atoms with E-state index in [4.69, 9.17) is 14.1 Å². The van der Waals surface area contributed by atoms with Gasteiger partial charge in [-0.15, -0.1) is 0 Å². The Bertz CT molecular complexity index is 1330. The molecule has 4 aromatic rings. The third-order valence-corrected chi connectivity index (χ3v) is 6.96. The second-order valence-corrected chi connectivity index (χ2v) is 9.90. The number of likely N-dealkylation sites (tertiary alicyclic amines) is 1. The Morgan fingerprint density at radius 1 is 1.03 bits per heavy atom. The first-order chi connectivity index (χ1) is 17.4. The molecule has 1 aromatic heterocycles. The molecular weight excluding hydrogens is 452 g/mol. The van der Waals surface area contributed by atoms with Crippen molar-refractivity contribution in [3.8, 4) is 28.3 Å². The van der Waals surface area contributed by atoms with Gasteiger partial charge in [0, 0.05) is 23.7 Å². The van der Waals surface area contributed by atoms with E-state index in [1.54, 1.807) is 0 Å². The van der Waals surface area contributed by atoms with E-state index in [-0.39, 0.29) is 12.1 Å². The van der Waals surface area contributed by atoms with Gasteiger partial charge >= 0.3 is 0 Å². The van der Waals surface area contributed by atoms with Crippen LogP contribution in [0.3, 0.4) is 0 Å². The summed E-state index contributed by atoms with van der Waals surface area (Å²) in [6.45, 7) is 7.47. The number of aliphatic hydroxyl groups excluding tert-OH is 1. The van der Waals surface area contributed by atoms with Crippen molar-refractivity contribution in [1.29, 1.82) is 0 Å². The van der Waals surface area contributed by atoms with Crippen molar-refractivity contribution >= 4 is 11.1 Å². The van der Waals surface area contributed by atoms with Crippen molar-refractivity contribution in [1.82, 2.24) is 9.88 Å². The molecule has 0 saturated carbocycles. The predicted molar refractivity (Wildman–Crippen MR) is 142 cm³/mol. The van der Waals surface area contributed by atoms with Crippen LogP contribution in [0.1, 0.15) is 44.2 Å². The summed E-state index contributed by atoms with van der Waals surface area (Å²) in [5.74, 6) is 1.32. The molecule has 1 aliphatic heterocycles. The first-order valence-electron chi connectivity index (χ1n) is 12.8. The molecule has 2 N–H and O–H groups in total. The van der Waals surface area contributed by atoms with Crippen molar-refractivity contribution in [2.24, 2.45) is 0 Å². The summed E-state index contributed by atoms with van der Waals surface area (Å²) < 4.78 is 12.4. The molecule has 1 unspecified atom stereocenters. The van der Waals surface area contributed by atoms with Crippen LogP contribution in [-0.2, 0) is 6.54 Å². The minimum Gasteiger partial charge on any atom is -0.491 e. The van der Waals surface area contributed by atoms with Gasteiger partial charge in [-0.05, 0) is 69.0 Å². The van der Waals surface area contributed by atoms with Gasteiger partial charge in [-0.25, -0.2) is 4.98 Å².